The smallest absolute Gasteiger partial charge is 0.269 e. The molecule has 2 aromatic rings. The summed E-state index contributed by atoms with van der Waals surface area (Å²) < 4.78 is 5.07. The lowest BCUT2D eigenvalue weighted by molar-refractivity contribution is -0.384. The third kappa shape index (κ3) is 4.61. The van der Waals surface area contributed by atoms with Crippen molar-refractivity contribution < 1.29 is 14.5 Å². The number of methoxy groups -OCH3 is 1. The van der Waals surface area contributed by atoms with E-state index in [2.05, 4.69) is 21.2 Å². The highest BCUT2D eigenvalue weighted by atomic mass is 16.6. The Kier molecular flexibility index (Phi) is 6.75. The molecule has 2 atom stereocenters. The normalized spacial score (nSPS) is 19.3. The van der Waals surface area contributed by atoms with E-state index in [0.717, 1.165) is 16.9 Å². The molecule has 1 amide bonds. The van der Waals surface area contributed by atoms with Gasteiger partial charge in [0.25, 0.3) is 5.69 Å². The summed E-state index contributed by atoms with van der Waals surface area (Å²) in [5.41, 5.74) is 3.28. The molecule has 0 radical (unpaired) electrons. The Morgan fingerprint density at radius 3 is 2.85 bits per heavy atom. The van der Waals surface area contributed by atoms with Gasteiger partial charge in [0.15, 0.2) is 0 Å². The van der Waals surface area contributed by atoms with Crippen molar-refractivity contribution in [3.8, 4) is 6.07 Å². The Bertz CT molecular complexity index is 1080. The molecule has 9 nitrogen and oxygen atoms in total. The highest BCUT2D eigenvalue weighted by molar-refractivity contribution is 5.82. The summed E-state index contributed by atoms with van der Waals surface area (Å²) in [5.74, 6) is -0.423. The second kappa shape index (κ2) is 9.88. The summed E-state index contributed by atoms with van der Waals surface area (Å²) in [6.07, 6.45) is 1.15. The number of nitrogens with zero attached hydrogens (tertiary/aromatic N) is 4. The topological polar surface area (TPSA) is 112 Å². The molecule has 0 aromatic heterocycles. The van der Waals surface area contributed by atoms with Crippen LogP contribution in [0.3, 0.4) is 0 Å². The Balaban J connectivity index is 1.64. The number of para-hydroxylation sites is 1. The fourth-order valence-corrected chi connectivity index (χ4v) is 4.84. The van der Waals surface area contributed by atoms with E-state index in [0.29, 0.717) is 51.2 Å². The fourth-order valence-electron chi connectivity index (χ4n) is 4.84. The minimum atomic E-state index is -0.400. The number of rotatable bonds is 7. The molecule has 4 rings (SSSR count). The van der Waals surface area contributed by atoms with E-state index in [-0.39, 0.29) is 23.6 Å². The first-order chi connectivity index (χ1) is 16.0. The minimum absolute atomic E-state index is 0.0352. The van der Waals surface area contributed by atoms with Gasteiger partial charge >= 0.3 is 0 Å². The van der Waals surface area contributed by atoms with Crippen LogP contribution in [-0.4, -0.2) is 56.8 Å². The van der Waals surface area contributed by atoms with Crippen LogP contribution in [0.4, 0.5) is 17.1 Å². The molecule has 0 saturated carbocycles. The maximum absolute atomic E-state index is 13.2. The van der Waals surface area contributed by atoms with Gasteiger partial charge in [-0.1, -0.05) is 12.1 Å². The number of nitro benzene ring substituents is 1. The van der Waals surface area contributed by atoms with Crippen molar-refractivity contribution in [1.29, 1.82) is 5.26 Å². The maximum atomic E-state index is 13.2. The molecule has 0 bridgehead atoms. The Labute approximate surface area is 192 Å². The second-order valence-electron chi connectivity index (χ2n) is 8.35. The number of ether oxygens (including phenoxy) is 1. The van der Waals surface area contributed by atoms with Crippen molar-refractivity contribution in [3.05, 3.63) is 63.7 Å². The van der Waals surface area contributed by atoms with Crippen LogP contribution in [0, 0.1) is 27.4 Å². The molecule has 33 heavy (non-hydrogen) atoms. The monoisotopic (exact) mass is 449 g/mol. The van der Waals surface area contributed by atoms with Gasteiger partial charge in [0.2, 0.25) is 5.91 Å². The summed E-state index contributed by atoms with van der Waals surface area (Å²) in [7, 11) is 1.63. The van der Waals surface area contributed by atoms with Crippen molar-refractivity contribution in [1.82, 2.24) is 5.32 Å². The van der Waals surface area contributed by atoms with Crippen LogP contribution in [0.25, 0.3) is 0 Å². The first kappa shape index (κ1) is 22.6. The molecule has 1 saturated heterocycles. The molecule has 0 aliphatic carbocycles. The van der Waals surface area contributed by atoms with E-state index in [1.165, 1.54) is 6.07 Å². The summed E-state index contributed by atoms with van der Waals surface area (Å²) in [6.45, 7) is 3.01. The van der Waals surface area contributed by atoms with E-state index in [9.17, 15) is 20.2 Å². The largest absolute Gasteiger partial charge is 0.385 e. The standard InChI is InChI=1S/C24H27N5O4/c1-33-12-4-9-26-24(30)20-14-18-13-19(29(31)32)7-8-22(18)28-11-10-27(16-23(20)28)21-6-3-2-5-17(21)15-25/h2-3,5-8,13,20,23H,4,9-12,14,16H2,1H3,(H,26,30)/t20-,23+/m0/s1. The molecule has 2 aliphatic heterocycles. The van der Waals surface area contributed by atoms with Crippen LogP contribution in [0.2, 0.25) is 0 Å². The second-order valence-corrected chi connectivity index (χ2v) is 8.35. The Morgan fingerprint density at radius 1 is 1.27 bits per heavy atom. The quantitative estimate of drug-likeness (QED) is 0.393. The molecular weight excluding hydrogens is 422 g/mol. The van der Waals surface area contributed by atoms with Crippen LogP contribution < -0.4 is 15.1 Å². The summed E-state index contributed by atoms with van der Waals surface area (Å²) >= 11 is 0. The average Bonchev–Trinajstić information content (AvgIpc) is 2.85. The molecule has 172 valence electrons. The lowest BCUT2D eigenvalue weighted by Gasteiger charge is -2.49. The number of amides is 1. The number of fused-ring (bicyclic) bond motifs is 3. The van der Waals surface area contributed by atoms with Crippen molar-refractivity contribution in [2.24, 2.45) is 5.92 Å². The third-order valence-corrected chi connectivity index (χ3v) is 6.43. The zero-order valence-electron chi connectivity index (χ0n) is 18.6. The number of hydrogen-bond donors (Lipinski definition) is 1. The van der Waals surface area contributed by atoms with Crippen molar-refractivity contribution in [2.75, 3.05) is 49.7 Å². The molecule has 2 heterocycles. The lowest BCUT2D eigenvalue weighted by atomic mass is 9.83. The zero-order valence-corrected chi connectivity index (χ0v) is 18.6. The number of nitrogens with one attached hydrogen (secondary N) is 1. The van der Waals surface area contributed by atoms with Crippen LogP contribution in [0.15, 0.2) is 42.5 Å². The first-order valence-corrected chi connectivity index (χ1v) is 11.1. The van der Waals surface area contributed by atoms with Crippen molar-refractivity contribution in [3.63, 3.8) is 0 Å². The van der Waals surface area contributed by atoms with E-state index >= 15 is 0 Å². The predicted octanol–water partition coefficient (Wildman–Crippen LogP) is 2.49. The average molecular weight is 450 g/mol. The molecule has 0 unspecified atom stereocenters. The van der Waals surface area contributed by atoms with Crippen molar-refractivity contribution in [2.45, 2.75) is 18.9 Å². The van der Waals surface area contributed by atoms with Gasteiger partial charge in [0.05, 0.1) is 28.1 Å². The molecule has 2 aromatic carbocycles. The van der Waals surface area contributed by atoms with Gasteiger partial charge in [-0.3, -0.25) is 14.9 Å². The maximum Gasteiger partial charge on any atom is 0.269 e. The third-order valence-electron chi connectivity index (χ3n) is 6.43. The van der Waals surface area contributed by atoms with Crippen LogP contribution in [0.1, 0.15) is 17.5 Å². The molecular formula is C24H27N5O4. The van der Waals surface area contributed by atoms with E-state index < -0.39 is 4.92 Å². The number of piperazine rings is 1. The lowest BCUT2D eigenvalue weighted by Crippen LogP contribution is -2.61. The first-order valence-electron chi connectivity index (χ1n) is 11.1. The predicted molar refractivity (Wildman–Crippen MR) is 124 cm³/mol. The molecule has 0 spiro atoms. The summed E-state index contributed by atoms with van der Waals surface area (Å²) in [5, 5.41) is 23.9. The number of benzene rings is 2. The van der Waals surface area contributed by atoms with Gasteiger partial charge in [-0.05, 0) is 36.6 Å². The highest BCUT2D eigenvalue weighted by Gasteiger charge is 2.42. The number of carbonyl (C=O) groups is 1. The van der Waals surface area contributed by atoms with Gasteiger partial charge in [-0.2, -0.15) is 5.26 Å². The van der Waals surface area contributed by atoms with Crippen LogP contribution >= 0.6 is 0 Å². The highest BCUT2D eigenvalue weighted by Crippen LogP contribution is 2.39. The van der Waals surface area contributed by atoms with Gasteiger partial charge in [0, 0.05) is 57.7 Å². The van der Waals surface area contributed by atoms with Gasteiger partial charge < -0.3 is 19.9 Å². The zero-order chi connectivity index (χ0) is 23.4. The van der Waals surface area contributed by atoms with E-state index in [4.69, 9.17) is 4.74 Å². The Hall–Kier alpha value is -3.64. The summed E-state index contributed by atoms with van der Waals surface area (Å²) in [4.78, 5) is 28.5. The molecule has 9 heteroatoms. The number of carbonyl (C=O) groups excluding carboxylic acids is 1. The van der Waals surface area contributed by atoms with Gasteiger partial charge in [-0.25, -0.2) is 0 Å². The molecule has 2 aliphatic rings. The van der Waals surface area contributed by atoms with Gasteiger partial charge in [0.1, 0.15) is 6.07 Å². The van der Waals surface area contributed by atoms with Gasteiger partial charge in [-0.15, -0.1) is 0 Å². The number of nitriles is 1. The Morgan fingerprint density at radius 2 is 2.09 bits per heavy atom. The van der Waals surface area contributed by atoms with Crippen LogP contribution in [-0.2, 0) is 16.0 Å². The van der Waals surface area contributed by atoms with Crippen LogP contribution in [0.5, 0.6) is 0 Å². The summed E-state index contributed by atoms with van der Waals surface area (Å²) in [6, 6.07) is 14.6. The number of hydrogen-bond acceptors (Lipinski definition) is 7. The fraction of sp³-hybridized carbons (Fsp3) is 0.417. The SMILES string of the molecule is COCCCNC(=O)[C@H]1Cc2cc([N+](=O)[O-])ccc2N2CCN(c3ccccc3C#N)C[C@H]12. The minimum Gasteiger partial charge on any atom is -0.385 e. The number of anilines is 2. The molecule has 1 fully saturated rings. The molecule has 1 N–H and O–H groups in total. The number of nitro groups is 1. The van der Waals surface area contributed by atoms with E-state index in [1.54, 1.807) is 25.3 Å². The van der Waals surface area contributed by atoms with Crippen molar-refractivity contribution >= 4 is 23.0 Å². The number of non-ortho nitro benzene ring substituents is 1. The van der Waals surface area contributed by atoms with E-state index in [1.807, 2.05) is 18.2 Å².